The second kappa shape index (κ2) is 5.72. The summed E-state index contributed by atoms with van der Waals surface area (Å²) >= 11 is 6.30. The zero-order valence-electron chi connectivity index (χ0n) is 8.56. The number of carbonyl (C=O) groups excluding carboxylic acids is 1. The van der Waals surface area contributed by atoms with Crippen molar-refractivity contribution < 1.29 is 4.79 Å². The predicted molar refractivity (Wildman–Crippen MR) is 68.9 cm³/mol. The number of hydrogen-bond donors (Lipinski definition) is 1. The van der Waals surface area contributed by atoms with Crippen molar-refractivity contribution in [1.82, 2.24) is 4.72 Å². The lowest BCUT2D eigenvalue weighted by Crippen LogP contribution is -2.25. The molecule has 0 aliphatic rings. The molecule has 0 aliphatic carbocycles. The van der Waals surface area contributed by atoms with Gasteiger partial charge < -0.3 is 4.90 Å². The SMILES string of the molecule is CC(=O)NSC(=S)N(C)c1ccccc1. The number of benzene rings is 1. The molecule has 80 valence electrons. The van der Waals surface area contributed by atoms with E-state index in [1.807, 2.05) is 42.3 Å². The van der Waals surface area contributed by atoms with E-state index in [0.29, 0.717) is 4.32 Å². The first-order valence-electron chi connectivity index (χ1n) is 4.37. The lowest BCUT2D eigenvalue weighted by molar-refractivity contribution is -0.117. The molecule has 0 heterocycles. The van der Waals surface area contributed by atoms with Gasteiger partial charge in [0.15, 0.2) is 4.32 Å². The molecular formula is C10H12N2OS2. The van der Waals surface area contributed by atoms with Gasteiger partial charge >= 0.3 is 0 Å². The van der Waals surface area contributed by atoms with Gasteiger partial charge in [-0.25, -0.2) is 0 Å². The highest BCUT2D eigenvalue weighted by molar-refractivity contribution is 8.22. The van der Waals surface area contributed by atoms with Crippen LogP contribution in [0, 0.1) is 0 Å². The minimum absolute atomic E-state index is 0.108. The second-order valence-electron chi connectivity index (χ2n) is 2.92. The molecule has 0 atom stereocenters. The molecule has 15 heavy (non-hydrogen) atoms. The first-order chi connectivity index (χ1) is 7.11. The molecule has 1 N–H and O–H groups in total. The van der Waals surface area contributed by atoms with Gasteiger partial charge in [0.1, 0.15) is 0 Å². The first-order valence-corrected chi connectivity index (χ1v) is 5.60. The summed E-state index contributed by atoms with van der Waals surface area (Å²) < 4.78 is 3.20. The molecule has 1 rings (SSSR count). The van der Waals surface area contributed by atoms with Crippen LogP contribution in [0.25, 0.3) is 0 Å². The number of para-hydroxylation sites is 1. The molecule has 1 amide bonds. The van der Waals surface area contributed by atoms with Crippen molar-refractivity contribution in [1.29, 1.82) is 0 Å². The molecule has 0 spiro atoms. The van der Waals surface area contributed by atoms with Crippen molar-refractivity contribution in [2.45, 2.75) is 6.92 Å². The molecule has 0 saturated heterocycles. The molecular weight excluding hydrogens is 228 g/mol. The van der Waals surface area contributed by atoms with Gasteiger partial charge in [0, 0.05) is 31.6 Å². The normalized spacial score (nSPS) is 9.47. The van der Waals surface area contributed by atoms with Crippen molar-refractivity contribution in [3.8, 4) is 0 Å². The summed E-state index contributed by atoms with van der Waals surface area (Å²) in [5.41, 5.74) is 1.00. The molecule has 0 fully saturated rings. The van der Waals surface area contributed by atoms with Crippen LogP contribution in [0.3, 0.4) is 0 Å². The van der Waals surface area contributed by atoms with Gasteiger partial charge in [-0.2, -0.15) is 0 Å². The second-order valence-corrected chi connectivity index (χ2v) is 4.36. The van der Waals surface area contributed by atoms with E-state index in [1.54, 1.807) is 0 Å². The largest absolute Gasteiger partial charge is 0.329 e. The van der Waals surface area contributed by atoms with Gasteiger partial charge in [0.2, 0.25) is 5.91 Å². The molecule has 5 heteroatoms. The summed E-state index contributed by atoms with van der Waals surface area (Å²) in [4.78, 5) is 12.5. The fraction of sp³-hybridized carbons (Fsp3) is 0.200. The minimum Gasteiger partial charge on any atom is -0.329 e. The Morgan fingerprint density at radius 3 is 2.53 bits per heavy atom. The smallest absolute Gasteiger partial charge is 0.227 e. The van der Waals surface area contributed by atoms with E-state index in [0.717, 1.165) is 17.6 Å². The van der Waals surface area contributed by atoms with Crippen LogP contribution in [-0.4, -0.2) is 17.3 Å². The van der Waals surface area contributed by atoms with E-state index < -0.39 is 0 Å². The summed E-state index contributed by atoms with van der Waals surface area (Å²) in [5.74, 6) is -0.108. The first kappa shape index (κ1) is 12.0. The number of anilines is 1. The van der Waals surface area contributed by atoms with Gasteiger partial charge in [-0.15, -0.1) is 0 Å². The van der Waals surface area contributed by atoms with E-state index in [4.69, 9.17) is 12.2 Å². The maximum Gasteiger partial charge on any atom is 0.227 e. The molecule has 0 radical (unpaired) electrons. The zero-order chi connectivity index (χ0) is 11.3. The zero-order valence-corrected chi connectivity index (χ0v) is 10.2. The Labute approximate surface area is 99.0 Å². The lowest BCUT2D eigenvalue weighted by Gasteiger charge is -2.18. The van der Waals surface area contributed by atoms with Crippen molar-refractivity contribution >= 4 is 40.1 Å². The van der Waals surface area contributed by atoms with Crippen molar-refractivity contribution in [2.24, 2.45) is 0 Å². The lowest BCUT2D eigenvalue weighted by atomic mass is 10.3. The fourth-order valence-corrected chi connectivity index (χ4v) is 1.64. The number of thiocarbonyl (C=S) groups is 1. The Balaban J connectivity index is 2.57. The summed E-state index contributed by atoms with van der Waals surface area (Å²) in [7, 11) is 1.87. The van der Waals surface area contributed by atoms with Crippen LogP contribution in [0.1, 0.15) is 6.92 Å². The molecule has 1 aromatic carbocycles. The quantitative estimate of drug-likeness (QED) is 0.602. The maximum absolute atomic E-state index is 10.7. The Hall–Kier alpha value is -1.07. The van der Waals surface area contributed by atoms with E-state index >= 15 is 0 Å². The Bertz CT molecular complexity index is 354. The van der Waals surface area contributed by atoms with Crippen LogP contribution in [0.2, 0.25) is 0 Å². The average Bonchev–Trinajstić information content (AvgIpc) is 2.26. The van der Waals surface area contributed by atoms with Crippen molar-refractivity contribution in [3.63, 3.8) is 0 Å². The molecule has 0 aromatic heterocycles. The monoisotopic (exact) mass is 240 g/mol. The molecule has 1 aromatic rings. The van der Waals surface area contributed by atoms with Gasteiger partial charge in [-0.05, 0) is 12.1 Å². The minimum atomic E-state index is -0.108. The third kappa shape index (κ3) is 3.89. The Morgan fingerprint density at radius 1 is 1.40 bits per heavy atom. The van der Waals surface area contributed by atoms with Gasteiger partial charge in [0.05, 0.1) is 0 Å². The number of nitrogens with zero attached hydrogens (tertiary/aromatic N) is 1. The number of amides is 1. The van der Waals surface area contributed by atoms with E-state index in [2.05, 4.69) is 4.72 Å². The molecule has 0 unspecified atom stereocenters. The van der Waals surface area contributed by atoms with E-state index in [9.17, 15) is 4.79 Å². The topological polar surface area (TPSA) is 32.3 Å². The molecule has 0 aliphatic heterocycles. The number of carbonyl (C=O) groups is 1. The van der Waals surface area contributed by atoms with E-state index in [-0.39, 0.29) is 5.91 Å². The highest BCUT2D eigenvalue weighted by atomic mass is 32.2. The Morgan fingerprint density at radius 2 is 2.00 bits per heavy atom. The number of hydrogen-bond acceptors (Lipinski definition) is 3. The summed E-state index contributed by atoms with van der Waals surface area (Å²) in [6.07, 6.45) is 0. The average molecular weight is 240 g/mol. The van der Waals surface area contributed by atoms with Gasteiger partial charge in [-0.3, -0.25) is 9.52 Å². The third-order valence-electron chi connectivity index (χ3n) is 1.70. The molecule has 0 saturated carbocycles. The van der Waals surface area contributed by atoms with Crippen LogP contribution in [0.15, 0.2) is 30.3 Å². The summed E-state index contributed by atoms with van der Waals surface area (Å²) in [6, 6.07) is 9.75. The van der Waals surface area contributed by atoms with Crippen LogP contribution in [-0.2, 0) is 4.79 Å². The maximum atomic E-state index is 10.7. The van der Waals surface area contributed by atoms with Crippen LogP contribution < -0.4 is 9.62 Å². The van der Waals surface area contributed by atoms with E-state index in [1.165, 1.54) is 6.92 Å². The number of rotatable bonds is 1. The molecule has 0 bridgehead atoms. The molecule has 3 nitrogen and oxygen atoms in total. The van der Waals surface area contributed by atoms with Crippen LogP contribution in [0.4, 0.5) is 5.69 Å². The predicted octanol–water partition coefficient (Wildman–Crippen LogP) is 2.19. The van der Waals surface area contributed by atoms with Gasteiger partial charge in [0.25, 0.3) is 0 Å². The summed E-state index contributed by atoms with van der Waals surface area (Å²) in [6.45, 7) is 1.46. The highest BCUT2D eigenvalue weighted by Gasteiger charge is 2.07. The van der Waals surface area contributed by atoms with Crippen LogP contribution in [0.5, 0.6) is 0 Å². The van der Waals surface area contributed by atoms with Crippen LogP contribution >= 0.6 is 24.2 Å². The van der Waals surface area contributed by atoms with Gasteiger partial charge in [-0.1, -0.05) is 30.4 Å². The third-order valence-corrected chi connectivity index (χ3v) is 3.06. The standard InChI is InChI=1S/C10H12N2OS2/c1-8(13)11-15-10(14)12(2)9-6-4-3-5-7-9/h3-7H,1-2H3,(H,11,13). The highest BCUT2D eigenvalue weighted by Crippen LogP contribution is 2.15. The summed E-state index contributed by atoms with van der Waals surface area (Å²) in [5, 5.41) is 0. The van der Waals surface area contributed by atoms with Crippen molar-refractivity contribution in [2.75, 3.05) is 11.9 Å². The number of nitrogens with one attached hydrogen (secondary N) is 1. The fourth-order valence-electron chi connectivity index (χ4n) is 0.941. The Kier molecular flexibility index (Phi) is 4.58. The van der Waals surface area contributed by atoms with Crippen molar-refractivity contribution in [3.05, 3.63) is 30.3 Å².